The third-order valence-corrected chi connectivity index (χ3v) is 4.06. The summed E-state index contributed by atoms with van der Waals surface area (Å²) in [5.41, 5.74) is 0. The standard InChI is InChI=1S/C12H17BrF3NOS/c1-2-3-17-10(6-18-8-12(14,15)16)5-11-4-9(13)7-19-11/h4,7,10,17H,2-3,5-6,8H2,1H3. The van der Waals surface area contributed by atoms with E-state index in [1.54, 1.807) is 11.3 Å². The van der Waals surface area contributed by atoms with Crippen LogP contribution < -0.4 is 5.32 Å². The van der Waals surface area contributed by atoms with Crippen molar-refractivity contribution in [2.75, 3.05) is 19.8 Å². The molecule has 2 nitrogen and oxygen atoms in total. The first-order valence-corrected chi connectivity index (χ1v) is 7.68. The largest absolute Gasteiger partial charge is 0.411 e. The molecule has 0 radical (unpaired) electrons. The van der Waals surface area contributed by atoms with Gasteiger partial charge < -0.3 is 10.1 Å². The van der Waals surface area contributed by atoms with Gasteiger partial charge in [0.25, 0.3) is 0 Å². The lowest BCUT2D eigenvalue weighted by atomic mass is 10.2. The van der Waals surface area contributed by atoms with Gasteiger partial charge in [0.2, 0.25) is 0 Å². The summed E-state index contributed by atoms with van der Waals surface area (Å²) in [5, 5.41) is 5.17. The molecule has 0 saturated heterocycles. The molecule has 1 N–H and O–H groups in total. The maximum absolute atomic E-state index is 12.0. The summed E-state index contributed by atoms with van der Waals surface area (Å²) in [6.45, 7) is 1.66. The summed E-state index contributed by atoms with van der Waals surface area (Å²) in [4.78, 5) is 1.12. The average molecular weight is 360 g/mol. The van der Waals surface area contributed by atoms with Crippen LogP contribution in [0.2, 0.25) is 0 Å². The second-order valence-electron chi connectivity index (χ2n) is 4.22. The predicted molar refractivity (Wildman–Crippen MR) is 74.7 cm³/mol. The van der Waals surface area contributed by atoms with Gasteiger partial charge in [0.05, 0.1) is 6.61 Å². The van der Waals surface area contributed by atoms with E-state index in [0.717, 1.165) is 22.3 Å². The van der Waals surface area contributed by atoms with E-state index in [1.807, 2.05) is 18.4 Å². The van der Waals surface area contributed by atoms with E-state index in [0.29, 0.717) is 6.42 Å². The SMILES string of the molecule is CCCNC(COCC(F)(F)F)Cc1cc(Br)cs1. The molecule has 1 rings (SSSR count). The van der Waals surface area contributed by atoms with Gasteiger partial charge in [0.1, 0.15) is 6.61 Å². The summed E-state index contributed by atoms with van der Waals surface area (Å²) >= 11 is 4.95. The van der Waals surface area contributed by atoms with Crippen LogP contribution >= 0.6 is 27.3 Å². The molecule has 19 heavy (non-hydrogen) atoms. The highest BCUT2D eigenvalue weighted by molar-refractivity contribution is 9.10. The summed E-state index contributed by atoms with van der Waals surface area (Å²) in [6, 6.07) is 1.89. The Kier molecular flexibility index (Phi) is 7.35. The number of ether oxygens (including phenoxy) is 1. The van der Waals surface area contributed by atoms with Gasteiger partial charge in [-0.25, -0.2) is 0 Å². The number of hydrogen-bond donors (Lipinski definition) is 1. The summed E-state index contributed by atoms with van der Waals surface area (Å²) in [6.07, 6.45) is -2.65. The Morgan fingerprint density at radius 2 is 2.21 bits per heavy atom. The lowest BCUT2D eigenvalue weighted by molar-refractivity contribution is -0.175. The van der Waals surface area contributed by atoms with E-state index in [-0.39, 0.29) is 12.6 Å². The second kappa shape index (κ2) is 8.24. The minimum atomic E-state index is -4.26. The molecular weight excluding hydrogens is 343 g/mol. The Hall–Kier alpha value is -0.110. The molecule has 0 aliphatic heterocycles. The fraction of sp³-hybridized carbons (Fsp3) is 0.667. The van der Waals surface area contributed by atoms with Crippen LogP contribution in [0.25, 0.3) is 0 Å². The van der Waals surface area contributed by atoms with Gasteiger partial charge >= 0.3 is 6.18 Å². The normalized spacial score (nSPS) is 13.7. The summed E-state index contributed by atoms with van der Waals surface area (Å²) in [5.74, 6) is 0. The van der Waals surface area contributed by atoms with Crippen molar-refractivity contribution >= 4 is 27.3 Å². The molecule has 0 bridgehead atoms. The monoisotopic (exact) mass is 359 g/mol. The van der Waals surface area contributed by atoms with Gasteiger partial charge in [-0.15, -0.1) is 11.3 Å². The smallest absolute Gasteiger partial charge is 0.370 e. The minimum absolute atomic E-state index is 0.0645. The molecule has 110 valence electrons. The molecule has 0 fully saturated rings. The first-order chi connectivity index (χ1) is 8.90. The number of thiophene rings is 1. The lowest BCUT2D eigenvalue weighted by Gasteiger charge is -2.18. The number of halogens is 4. The second-order valence-corrected chi connectivity index (χ2v) is 6.13. The molecule has 1 unspecified atom stereocenters. The minimum Gasteiger partial charge on any atom is -0.370 e. The first kappa shape index (κ1) is 16.9. The molecule has 0 saturated carbocycles. The molecule has 1 atom stereocenters. The van der Waals surface area contributed by atoms with E-state index in [9.17, 15) is 13.2 Å². The molecular formula is C12H17BrF3NOS. The molecule has 7 heteroatoms. The number of hydrogen-bond acceptors (Lipinski definition) is 3. The van der Waals surface area contributed by atoms with Gasteiger partial charge in [-0.3, -0.25) is 0 Å². The fourth-order valence-electron chi connectivity index (χ4n) is 1.56. The lowest BCUT2D eigenvalue weighted by Crippen LogP contribution is -2.37. The molecule has 0 spiro atoms. The topological polar surface area (TPSA) is 21.3 Å². The number of nitrogens with one attached hydrogen (secondary N) is 1. The Bertz CT molecular complexity index is 370. The van der Waals surface area contributed by atoms with Crippen molar-refractivity contribution in [3.63, 3.8) is 0 Å². The molecule has 1 aromatic heterocycles. The van der Waals surface area contributed by atoms with Gasteiger partial charge in [0, 0.05) is 20.8 Å². The zero-order valence-corrected chi connectivity index (χ0v) is 13.0. The summed E-state index contributed by atoms with van der Waals surface area (Å²) in [7, 11) is 0. The van der Waals surface area contributed by atoms with Crippen molar-refractivity contribution in [1.29, 1.82) is 0 Å². The molecule has 0 aliphatic carbocycles. The zero-order chi connectivity index (χ0) is 14.3. The van der Waals surface area contributed by atoms with Crippen molar-refractivity contribution in [2.24, 2.45) is 0 Å². The third kappa shape index (κ3) is 7.91. The highest BCUT2D eigenvalue weighted by Gasteiger charge is 2.27. The van der Waals surface area contributed by atoms with Crippen LogP contribution in [0.5, 0.6) is 0 Å². The van der Waals surface area contributed by atoms with Crippen molar-refractivity contribution in [3.05, 3.63) is 20.8 Å². The third-order valence-electron chi connectivity index (χ3n) is 2.34. The molecule has 1 heterocycles. The maximum Gasteiger partial charge on any atom is 0.411 e. The van der Waals surface area contributed by atoms with Crippen LogP contribution in [0.1, 0.15) is 18.2 Å². The predicted octanol–water partition coefficient (Wildman–Crippen LogP) is 4.00. The van der Waals surface area contributed by atoms with Crippen LogP contribution in [0.4, 0.5) is 13.2 Å². The molecule has 0 aliphatic rings. The van der Waals surface area contributed by atoms with E-state index < -0.39 is 12.8 Å². The van der Waals surface area contributed by atoms with E-state index in [1.165, 1.54) is 0 Å². The Balaban J connectivity index is 2.42. The van der Waals surface area contributed by atoms with Crippen LogP contribution in [-0.4, -0.2) is 32.0 Å². The van der Waals surface area contributed by atoms with E-state index in [2.05, 4.69) is 21.2 Å². The summed E-state index contributed by atoms with van der Waals surface area (Å²) < 4.78 is 41.9. The Morgan fingerprint density at radius 1 is 1.47 bits per heavy atom. The van der Waals surface area contributed by atoms with Crippen LogP contribution in [-0.2, 0) is 11.2 Å². The quantitative estimate of drug-likeness (QED) is 0.757. The number of rotatable bonds is 8. The van der Waals surface area contributed by atoms with Crippen molar-refractivity contribution in [3.8, 4) is 0 Å². The number of alkyl halides is 3. The molecule has 1 aromatic rings. The van der Waals surface area contributed by atoms with Crippen molar-refractivity contribution in [2.45, 2.75) is 32.0 Å². The van der Waals surface area contributed by atoms with Crippen molar-refractivity contribution < 1.29 is 17.9 Å². The highest BCUT2D eigenvalue weighted by atomic mass is 79.9. The fourth-order valence-corrected chi connectivity index (χ4v) is 3.09. The first-order valence-electron chi connectivity index (χ1n) is 6.01. The average Bonchev–Trinajstić information content (AvgIpc) is 2.70. The van der Waals surface area contributed by atoms with Crippen LogP contribution in [0.3, 0.4) is 0 Å². The van der Waals surface area contributed by atoms with Crippen LogP contribution in [0.15, 0.2) is 15.9 Å². The van der Waals surface area contributed by atoms with Gasteiger partial charge in [0.15, 0.2) is 0 Å². The maximum atomic E-state index is 12.0. The Labute approximate surface area is 123 Å². The molecule has 0 aromatic carbocycles. The zero-order valence-electron chi connectivity index (χ0n) is 10.6. The Morgan fingerprint density at radius 3 is 2.74 bits per heavy atom. The van der Waals surface area contributed by atoms with Crippen LogP contribution in [0, 0.1) is 0 Å². The van der Waals surface area contributed by atoms with E-state index in [4.69, 9.17) is 4.74 Å². The van der Waals surface area contributed by atoms with Gasteiger partial charge in [-0.2, -0.15) is 13.2 Å². The molecule has 0 amide bonds. The van der Waals surface area contributed by atoms with Crippen molar-refractivity contribution in [1.82, 2.24) is 5.32 Å². The van der Waals surface area contributed by atoms with Gasteiger partial charge in [-0.1, -0.05) is 6.92 Å². The van der Waals surface area contributed by atoms with Gasteiger partial charge in [-0.05, 0) is 41.4 Å². The van der Waals surface area contributed by atoms with E-state index >= 15 is 0 Å². The highest BCUT2D eigenvalue weighted by Crippen LogP contribution is 2.21.